The van der Waals surface area contributed by atoms with Crippen LogP contribution in [0.5, 0.6) is 0 Å². The summed E-state index contributed by atoms with van der Waals surface area (Å²) in [6, 6.07) is 4.12. The van der Waals surface area contributed by atoms with Gasteiger partial charge in [-0.25, -0.2) is 4.98 Å². The Morgan fingerprint density at radius 2 is 2.17 bits per heavy atom. The number of aryl methyl sites for hydroxylation is 1. The summed E-state index contributed by atoms with van der Waals surface area (Å²) in [6.07, 6.45) is 3.84. The number of likely N-dealkylation sites (N-methyl/N-ethyl adjacent to an activating group) is 1. The molecular weight excluding hydrogens is 308 g/mol. The molecule has 0 spiro atoms. The van der Waals surface area contributed by atoms with E-state index in [0.29, 0.717) is 13.2 Å². The summed E-state index contributed by atoms with van der Waals surface area (Å²) in [5, 5.41) is 3.44. The second kappa shape index (κ2) is 7.94. The zero-order valence-electron chi connectivity index (χ0n) is 14.6. The molecule has 0 saturated carbocycles. The van der Waals surface area contributed by atoms with Crippen LogP contribution >= 0.6 is 0 Å². The molecule has 1 N–H and O–H groups in total. The van der Waals surface area contributed by atoms with E-state index in [9.17, 15) is 0 Å². The minimum Gasteiger partial charge on any atom is -0.462 e. The number of morpholine rings is 1. The van der Waals surface area contributed by atoms with Crippen molar-refractivity contribution in [2.75, 3.05) is 33.9 Å². The Labute approximate surface area is 142 Å². The molecule has 7 heteroatoms. The van der Waals surface area contributed by atoms with Crippen LogP contribution in [0.15, 0.2) is 29.1 Å². The molecule has 2 atom stereocenters. The number of hydrogen-bond acceptors (Lipinski definition) is 6. The van der Waals surface area contributed by atoms with Gasteiger partial charge >= 0.3 is 0 Å². The molecule has 0 unspecified atom stereocenters. The Hall–Kier alpha value is -1.67. The van der Waals surface area contributed by atoms with Crippen molar-refractivity contribution in [2.45, 2.75) is 25.3 Å². The highest BCUT2D eigenvalue weighted by Crippen LogP contribution is 2.27. The summed E-state index contributed by atoms with van der Waals surface area (Å²) in [7, 11) is 5.82. The topological polar surface area (TPSA) is 64.7 Å². The zero-order valence-corrected chi connectivity index (χ0v) is 14.6. The van der Waals surface area contributed by atoms with Crippen molar-refractivity contribution in [2.24, 2.45) is 7.05 Å². The van der Waals surface area contributed by atoms with Crippen molar-refractivity contribution in [3.63, 3.8) is 0 Å². The van der Waals surface area contributed by atoms with E-state index in [1.807, 2.05) is 31.7 Å². The first-order valence-corrected chi connectivity index (χ1v) is 8.24. The van der Waals surface area contributed by atoms with Crippen LogP contribution in [0.2, 0.25) is 0 Å². The number of nitrogens with zero attached hydrogens (tertiary/aromatic N) is 3. The zero-order chi connectivity index (χ0) is 16.9. The van der Waals surface area contributed by atoms with Crippen LogP contribution < -0.4 is 5.32 Å². The standard InChI is InChI=1S/C17H26N4O3/c1-20-6-7-23-16(17(20)15-9-19-12-21(15)2)10-18-8-13-4-5-14(24-13)11-22-3/h4-5,9,12,16-18H,6-8,10-11H2,1-3H3/t16-,17-/m0/s1. The molecule has 0 amide bonds. The predicted molar refractivity (Wildman–Crippen MR) is 89.4 cm³/mol. The average Bonchev–Trinajstić information content (AvgIpc) is 3.17. The van der Waals surface area contributed by atoms with Gasteiger partial charge in [0, 0.05) is 33.4 Å². The molecule has 2 aromatic rings. The van der Waals surface area contributed by atoms with Crippen molar-refractivity contribution in [1.29, 1.82) is 0 Å². The Morgan fingerprint density at radius 3 is 2.92 bits per heavy atom. The second-order valence-electron chi connectivity index (χ2n) is 6.20. The molecule has 1 aliphatic rings. The summed E-state index contributed by atoms with van der Waals surface area (Å²) >= 11 is 0. The number of imidazole rings is 1. The van der Waals surface area contributed by atoms with E-state index in [1.165, 1.54) is 5.69 Å². The maximum atomic E-state index is 6.03. The van der Waals surface area contributed by atoms with Crippen LogP contribution in [0.25, 0.3) is 0 Å². The van der Waals surface area contributed by atoms with Gasteiger partial charge in [0.05, 0.1) is 37.3 Å². The highest BCUT2D eigenvalue weighted by Gasteiger charge is 2.33. The summed E-state index contributed by atoms with van der Waals surface area (Å²) < 4.78 is 18.9. The van der Waals surface area contributed by atoms with Gasteiger partial charge in [-0.15, -0.1) is 0 Å². The van der Waals surface area contributed by atoms with E-state index in [2.05, 4.69) is 26.8 Å². The van der Waals surface area contributed by atoms with Crippen LogP contribution in [-0.4, -0.2) is 54.4 Å². The third-order valence-corrected chi connectivity index (χ3v) is 4.41. The fourth-order valence-corrected chi connectivity index (χ4v) is 3.18. The number of nitrogens with one attached hydrogen (secondary N) is 1. The molecule has 1 fully saturated rings. The summed E-state index contributed by atoms with van der Waals surface area (Å²) in [4.78, 5) is 6.58. The average molecular weight is 334 g/mol. The van der Waals surface area contributed by atoms with Crippen LogP contribution in [0, 0.1) is 0 Å². The van der Waals surface area contributed by atoms with E-state index >= 15 is 0 Å². The molecular formula is C17H26N4O3. The number of methoxy groups -OCH3 is 1. The largest absolute Gasteiger partial charge is 0.462 e. The van der Waals surface area contributed by atoms with E-state index in [4.69, 9.17) is 13.9 Å². The number of ether oxygens (including phenoxy) is 2. The van der Waals surface area contributed by atoms with Crippen molar-refractivity contribution in [3.8, 4) is 0 Å². The number of aromatic nitrogens is 2. The van der Waals surface area contributed by atoms with E-state index < -0.39 is 0 Å². The van der Waals surface area contributed by atoms with Gasteiger partial charge in [0.15, 0.2) is 0 Å². The Bertz CT molecular complexity index is 639. The van der Waals surface area contributed by atoms with Gasteiger partial charge in [0.1, 0.15) is 18.1 Å². The lowest BCUT2D eigenvalue weighted by atomic mass is 10.0. The molecule has 132 valence electrons. The fraction of sp³-hybridized carbons (Fsp3) is 0.588. The molecule has 0 radical (unpaired) electrons. The van der Waals surface area contributed by atoms with Gasteiger partial charge in [-0.3, -0.25) is 4.90 Å². The lowest BCUT2D eigenvalue weighted by molar-refractivity contribution is -0.0637. The summed E-state index contributed by atoms with van der Waals surface area (Å²) in [5.41, 5.74) is 1.17. The highest BCUT2D eigenvalue weighted by atomic mass is 16.5. The Kier molecular flexibility index (Phi) is 5.68. The number of rotatable bonds is 7. The molecule has 3 heterocycles. The third kappa shape index (κ3) is 3.87. The molecule has 0 bridgehead atoms. The van der Waals surface area contributed by atoms with Gasteiger partial charge in [-0.2, -0.15) is 0 Å². The Balaban J connectivity index is 1.58. The lowest BCUT2D eigenvalue weighted by Crippen LogP contribution is -2.47. The third-order valence-electron chi connectivity index (χ3n) is 4.41. The molecule has 1 aliphatic heterocycles. The smallest absolute Gasteiger partial charge is 0.129 e. The first-order chi connectivity index (χ1) is 11.7. The summed E-state index contributed by atoms with van der Waals surface area (Å²) in [6.45, 7) is 3.59. The summed E-state index contributed by atoms with van der Waals surface area (Å²) in [5.74, 6) is 1.75. The monoisotopic (exact) mass is 334 g/mol. The van der Waals surface area contributed by atoms with Gasteiger partial charge in [0.2, 0.25) is 0 Å². The normalized spacial score (nSPS) is 22.1. The van der Waals surface area contributed by atoms with Crippen LogP contribution in [-0.2, 0) is 29.7 Å². The molecule has 3 rings (SSSR count). The van der Waals surface area contributed by atoms with Gasteiger partial charge in [0.25, 0.3) is 0 Å². The molecule has 0 aromatic carbocycles. The first kappa shape index (κ1) is 17.2. The van der Waals surface area contributed by atoms with E-state index in [1.54, 1.807) is 7.11 Å². The number of hydrogen-bond donors (Lipinski definition) is 1. The lowest BCUT2D eigenvalue weighted by Gasteiger charge is -2.39. The SMILES string of the molecule is COCc1ccc(CNC[C@@H]2OCCN(C)[C@H]2c2cncn2C)o1. The molecule has 7 nitrogen and oxygen atoms in total. The highest BCUT2D eigenvalue weighted by molar-refractivity contribution is 5.10. The second-order valence-corrected chi connectivity index (χ2v) is 6.20. The fourth-order valence-electron chi connectivity index (χ4n) is 3.18. The Morgan fingerprint density at radius 1 is 1.33 bits per heavy atom. The first-order valence-electron chi connectivity index (χ1n) is 8.24. The minimum absolute atomic E-state index is 0.0764. The number of furan rings is 1. The van der Waals surface area contributed by atoms with Crippen molar-refractivity contribution >= 4 is 0 Å². The minimum atomic E-state index is 0.0764. The maximum absolute atomic E-state index is 6.03. The van der Waals surface area contributed by atoms with Crippen LogP contribution in [0.1, 0.15) is 23.3 Å². The van der Waals surface area contributed by atoms with Crippen LogP contribution in [0.4, 0.5) is 0 Å². The van der Waals surface area contributed by atoms with Gasteiger partial charge < -0.3 is 23.8 Å². The molecule has 1 saturated heterocycles. The van der Waals surface area contributed by atoms with Crippen molar-refractivity contribution in [3.05, 3.63) is 41.9 Å². The van der Waals surface area contributed by atoms with E-state index in [-0.39, 0.29) is 12.1 Å². The quantitative estimate of drug-likeness (QED) is 0.824. The van der Waals surface area contributed by atoms with Crippen LogP contribution in [0.3, 0.4) is 0 Å². The van der Waals surface area contributed by atoms with Crippen molar-refractivity contribution in [1.82, 2.24) is 19.8 Å². The van der Waals surface area contributed by atoms with Gasteiger partial charge in [-0.1, -0.05) is 0 Å². The molecule has 24 heavy (non-hydrogen) atoms. The van der Waals surface area contributed by atoms with Crippen molar-refractivity contribution < 1.29 is 13.9 Å². The van der Waals surface area contributed by atoms with E-state index in [0.717, 1.165) is 31.2 Å². The molecule has 0 aliphatic carbocycles. The molecule has 2 aromatic heterocycles. The van der Waals surface area contributed by atoms with Gasteiger partial charge in [-0.05, 0) is 19.2 Å². The maximum Gasteiger partial charge on any atom is 0.129 e. The predicted octanol–water partition coefficient (Wildman–Crippen LogP) is 1.32.